The van der Waals surface area contributed by atoms with Gasteiger partial charge in [-0.3, -0.25) is 0 Å². The molecule has 0 bridgehead atoms. The predicted octanol–water partition coefficient (Wildman–Crippen LogP) is 3.72. The van der Waals surface area contributed by atoms with Crippen molar-refractivity contribution < 1.29 is 14.6 Å². The predicted molar refractivity (Wildman–Crippen MR) is 66.1 cm³/mol. The van der Waals surface area contributed by atoms with Gasteiger partial charge >= 0.3 is 5.97 Å². The number of unbranched alkanes of at least 4 members (excludes halogenated alkanes) is 2. The van der Waals surface area contributed by atoms with E-state index in [0.717, 1.165) is 19.3 Å². The second-order valence-electron chi connectivity index (χ2n) is 3.48. The van der Waals surface area contributed by atoms with Crippen LogP contribution in [0.5, 0.6) is 5.75 Å². The van der Waals surface area contributed by atoms with Crippen molar-refractivity contribution in [2.75, 3.05) is 6.61 Å². The third-order valence-electron chi connectivity index (χ3n) is 2.19. The van der Waals surface area contributed by atoms with Crippen LogP contribution >= 0.6 is 15.9 Å². The van der Waals surface area contributed by atoms with Crippen molar-refractivity contribution in [1.82, 2.24) is 0 Å². The summed E-state index contributed by atoms with van der Waals surface area (Å²) < 4.78 is 6.19. The number of para-hydroxylation sites is 1. The first-order valence-corrected chi connectivity index (χ1v) is 6.10. The molecule has 88 valence electrons. The van der Waals surface area contributed by atoms with E-state index in [1.807, 2.05) is 0 Å². The first-order chi connectivity index (χ1) is 7.66. The molecule has 0 atom stereocenters. The first kappa shape index (κ1) is 13.0. The van der Waals surface area contributed by atoms with Crippen molar-refractivity contribution >= 4 is 21.9 Å². The highest BCUT2D eigenvalue weighted by molar-refractivity contribution is 9.10. The lowest BCUT2D eigenvalue weighted by Gasteiger charge is -2.10. The number of carboxylic acid groups (broad SMARTS) is 1. The smallest absolute Gasteiger partial charge is 0.339 e. The van der Waals surface area contributed by atoms with Gasteiger partial charge < -0.3 is 9.84 Å². The van der Waals surface area contributed by atoms with E-state index in [9.17, 15) is 4.79 Å². The molecule has 0 saturated carbocycles. The average Bonchev–Trinajstić information content (AvgIpc) is 2.25. The standard InChI is InChI=1S/C12H15BrO3/c1-2-3-4-8-16-11-9(12(14)15)6-5-7-10(11)13/h5-7H,2-4,8H2,1H3,(H,14,15). The molecule has 0 fully saturated rings. The van der Waals surface area contributed by atoms with Gasteiger partial charge in [0.25, 0.3) is 0 Å². The largest absolute Gasteiger partial charge is 0.491 e. The zero-order chi connectivity index (χ0) is 12.0. The highest BCUT2D eigenvalue weighted by Gasteiger charge is 2.13. The van der Waals surface area contributed by atoms with Crippen LogP contribution in [0.3, 0.4) is 0 Å². The molecule has 4 heteroatoms. The van der Waals surface area contributed by atoms with Gasteiger partial charge in [0.15, 0.2) is 0 Å². The molecule has 0 aliphatic heterocycles. The third-order valence-corrected chi connectivity index (χ3v) is 2.82. The minimum absolute atomic E-state index is 0.200. The summed E-state index contributed by atoms with van der Waals surface area (Å²) in [7, 11) is 0. The molecule has 3 nitrogen and oxygen atoms in total. The van der Waals surface area contributed by atoms with Gasteiger partial charge in [-0.1, -0.05) is 25.8 Å². The Bertz CT molecular complexity index is 363. The molecule has 0 heterocycles. The zero-order valence-electron chi connectivity index (χ0n) is 9.20. The molecule has 0 aliphatic rings. The monoisotopic (exact) mass is 286 g/mol. The number of halogens is 1. The summed E-state index contributed by atoms with van der Waals surface area (Å²) in [5.41, 5.74) is 0.200. The summed E-state index contributed by atoms with van der Waals surface area (Å²) in [4.78, 5) is 11.0. The minimum atomic E-state index is -0.966. The Hall–Kier alpha value is -1.03. The van der Waals surface area contributed by atoms with E-state index in [-0.39, 0.29) is 5.56 Å². The van der Waals surface area contributed by atoms with E-state index in [1.165, 1.54) is 0 Å². The second kappa shape index (κ2) is 6.53. The summed E-state index contributed by atoms with van der Waals surface area (Å²) >= 11 is 3.30. The summed E-state index contributed by atoms with van der Waals surface area (Å²) in [5.74, 6) is -0.544. The molecule has 0 saturated heterocycles. The molecule has 0 spiro atoms. The fourth-order valence-electron chi connectivity index (χ4n) is 1.35. The Morgan fingerprint density at radius 3 is 2.81 bits per heavy atom. The van der Waals surface area contributed by atoms with Gasteiger partial charge in [-0.05, 0) is 34.5 Å². The summed E-state index contributed by atoms with van der Waals surface area (Å²) in [6, 6.07) is 5.01. The lowest BCUT2D eigenvalue weighted by Crippen LogP contribution is -2.05. The van der Waals surface area contributed by atoms with E-state index >= 15 is 0 Å². The molecule has 0 unspecified atom stereocenters. The van der Waals surface area contributed by atoms with Crippen LogP contribution < -0.4 is 4.74 Å². The Kier molecular flexibility index (Phi) is 5.32. The van der Waals surface area contributed by atoms with Crippen LogP contribution in [0, 0.1) is 0 Å². The highest BCUT2D eigenvalue weighted by atomic mass is 79.9. The minimum Gasteiger partial charge on any atom is -0.491 e. The first-order valence-electron chi connectivity index (χ1n) is 5.31. The number of rotatable bonds is 6. The number of carboxylic acids is 1. The molecule has 1 aromatic carbocycles. The molecule has 0 aliphatic carbocycles. The van der Waals surface area contributed by atoms with Gasteiger partial charge in [-0.2, -0.15) is 0 Å². The van der Waals surface area contributed by atoms with Gasteiger partial charge in [-0.15, -0.1) is 0 Å². The van der Waals surface area contributed by atoms with Crippen molar-refractivity contribution in [3.8, 4) is 5.75 Å². The molecular weight excluding hydrogens is 272 g/mol. The quantitative estimate of drug-likeness (QED) is 0.811. The van der Waals surface area contributed by atoms with E-state index in [4.69, 9.17) is 9.84 Å². The van der Waals surface area contributed by atoms with Crippen LogP contribution in [-0.2, 0) is 0 Å². The van der Waals surface area contributed by atoms with Crippen LogP contribution in [-0.4, -0.2) is 17.7 Å². The summed E-state index contributed by atoms with van der Waals surface area (Å²) in [5, 5.41) is 8.99. The van der Waals surface area contributed by atoms with Crippen LogP contribution in [0.4, 0.5) is 0 Å². The molecule has 0 aromatic heterocycles. The maximum Gasteiger partial charge on any atom is 0.339 e. The number of hydrogen-bond acceptors (Lipinski definition) is 2. The SMILES string of the molecule is CCCCCOc1c(Br)cccc1C(=O)O. The molecule has 1 rings (SSSR count). The summed E-state index contributed by atoms with van der Waals surface area (Å²) in [6.07, 6.45) is 3.15. The fourth-order valence-corrected chi connectivity index (χ4v) is 1.83. The molecule has 0 radical (unpaired) electrons. The van der Waals surface area contributed by atoms with Gasteiger partial charge in [0, 0.05) is 0 Å². The van der Waals surface area contributed by atoms with Crippen molar-refractivity contribution in [2.45, 2.75) is 26.2 Å². The number of aromatic carboxylic acids is 1. The van der Waals surface area contributed by atoms with Crippen molar-refractivity contribution in [1.29, 1.82) is 0 Å². The normalized spacial score (nSPS) is 10.1. The maximum atomic E-state index is 11.0. The maximum absolute atomic E-state index is 11.0. The number of ether oxygens (including phenoxy) is 1. The molecular formula is C12H15BrO3. The number of benzene rings is 1. The van der Waals surface area contributed by atoms with Crippen LogP contribution in [0.25, 0.3) is 0 Å². The molecule has 1 aromatic rings. The van der Waals surface area contributed by atoms with Gasteiger partial charge in [-0.25, -0.2) is 4.79 Å². The number of carbonyl (C=O) groups is 1. The van der Waals surface area contributed by atoms with Crippen molar-refractivity contribution in [3.05, 3.63) is 28.2 Å². The van der Waals surface area contributed by atoms with E-state index in [1.54, 1.807) is 18.2 Å². The fraction of sp³-hybridized carbons (Fsp3) is 0.417. The molecule has 0 amide bonds. The second-order valence-corrected chi connectivity index (χ2v) is 4.33. The molecule has 1 N–H and O–H groups in total. The highest BCUT2D eigenvalue weighted by Crippen LogP contribution is 2.29. The lowest BCUT2D eigenvalue weighted by molar-refractivity contribution is 0.0692. The van der Waals surface area contributed by atoms with Crippen molar-refractivity contribution in [3.63, 3.8) is 0 Å². The Morgan fingerprint density at radius 2 is 2.19 bits per heavy atom. The Labute approximate surface area is 104 Å². The molecule has 16 heavy (non-hydrogen) atoms. The van der Waals surface area contributed by atoms with E-state index < -0.39 is 5.97 Å². The number of hydrogen-bond donors (Lipinski definition) is 1. The third kappa shape index (κ3) is 3.52. The summed E-state index contributed by atoms with van der Waals surface area (Å²) in [6.45, 7) is 2.66. The Balaban J connectivity index is 2.73. The van der Waals surface area contributed by atoms with Gasteiger partial charge in [0.05, 0.1) is 11.1 Å². The topological polar surface area (TPSA) is 46.5 Å². The lowest BCUT2D eigenvalue weighted by atomic mass is 10.2. The van der Waals surface area contributed by atoms with Gasteiger partial charge in [0.2, 0.25) is 0 Å². The van der Waals surface area contributed by atoms with Gasteiger partial charge in [0.1, 0.15) is 11.3 Å². The van der Waals surface area contributed by atoms with Crippen LogP contribution in [0.15, 0.2) is 22.7 Å². The van der Waals surface area contributed by atoms with E-state index in [2.05, 4.69) is 22.9 Å². The van der Waals surface area contributed by atoms with Crippen LogP contribution in [0.1, 0.15) is 36.5 Å². The Morgan fingerprint density at radius 1 is 1.44 bits per heavy atom. The average molecular weight is 287 g/mol. The van der Waals surface area contributed by atoms with Crippen molar-refractivity contribution in [2.24, 2.45) is 0 Å². The van der Waals surface area contributed by atoms with Crippen LogP contribution in [0.2, 0.25) is 0 Å². The van der Waals surface area contributed by atoms with E-state index in [0.29, 0.717) is 16.8 Å². The zero-order valence-corrected chi connectivity index (χ0v) is 10.8.